The van der Waals surface area contributed by atoms with E-state index in [1.165, 1.54) is 11.6 Å². The zero-order valence-electron chi connectivity index (χ0n) is 15.0. The first-order valence-corrected chi connectivity index (χ1v) is 10.5. The fourth-order valence-electron chi connectivity index (χ4n) is 3.68. The van der Waals surface area contributed by atoms with Gasteiger partial charge in [-0.1, -0.05) is 36.4 Å². The molecule has 2 aromatic rings. The Morgan fingerprint density at radius 1 is 1.19 bits per heavy atom. The average Bonchev–Trinajstić information content (AvgIpc) is 2.92. The molecule has 2 atom stereocenters. The molecule has 0 fully saturated rings. The molecule has 0 bridgehead atoms. The number of amides is 1. The molecule has 0 aromatic heterocycles. The van der Waals surface area contributed by atoms with Crippen LogP contribution < -0.4 is 10.0 Å². The van der Waals surface area contributed by atoms with E-state index < -0.39 is 16.1 Å². The number of aryl methyl sites for hydroxylation is 1. The van der Waals surface area contributed by atoms with Gasteiger partial charge in [0.2, 0.25) is 5.91 Å². The second kappa shape index (κ2) is 6.81. The summed E-state index contributed by atoms with van der Waals surface area (Å²) in [5.41, 5.74) is 2.93. The van der Waals surface area contributed by atoms with Gasteiger partial charge in [0.05, 0.1) is 10.9 Å². The molecule has 0 saturated heterocycles. The molecule has 1 aliphatic carbocycles. The van der Waals surface area contributed by atoms with Crippen molar-refractivity contribution >= 4 is 21.8 Å². The Balaban J connectivity index is 1.54. The summed E-state index contributed by atoms with van der Waals surface area (Å²) in [6, 6.07) is 14.0. The molecular weight excluding hydrogens is 362 g/mol. The van der Waals surface area contributed by atoms with Crippen molar-refractivity contribution in [2.24, 2.45) is 4.99 Å². The van der Waals surface area contributed by atoms with Crippen LogP contribution in [0.25, 0.3) is 0 Å². The highest BCUT2D eigenvalue weighted by molar-refractivity contribution is 7.90. The van der Waals surface area contributed by atoms with Crippen molar-refractivity contribution in [2.75, 3.05) is 0 Å². The van der Waals surface area contributed by atoms with E-state index in [1.54, 1.807) is 25.1 Å². The zero-order chi connectivity index (χ0) is 19.0. The fourth-order valence-corrected chi connectivity index (χ4v) is 4.92. The Labute approximate surface area is 158 Å². The maximum absolute atomic E-state index is 12.7. The van der Waals surface area contributed by atoms with Gasteiger partial charge in [0.1, 0.15) is 11.9 Å². The molecule has 140 valence electrons. The highest BCUT2D eigenvalue weighted by atomic mass is 32.2. The number of sulfonamides is 1. The number of aliphatic imine (C=N–C) groups is 1. The number of rotatable bonds is 3. The van der Waals surface area contributed by atoms with Crippen molar-refractivity contribution in [3.05, 3.63) is 65.2 Å². The summed E-state index contributed by atoms with van der Waals surface area (Å²) >= 11 is 0. The third-order valence-electron chi connectivity index (χ3n) is 5.05. The standard InChI is InChI=1S/C20H21N3O3S/c1-13(21-19-16-10-4-5-12-18(16)27(25,26)23-19)20(24)22-17-11-6-8-14-7-2-3-9-15(14)17/h2-5,7,9-10,12-13,17H,6,8,11H2,1H3,(H,21,23)(H,22,24). The van der Waals surface area contributed by atoms with Gasteiger partial charge in [0.15, 0.2) is 0 Å². The first kappa shape index (κ1) is 17.7. The third kappa shape index (κ3) is 3.35. The minimum Gasteiger partial charge on any atom is -0.347 e. The molecule has 2 N–H and O–H groups in total. The molecule has 27 heavy (non-hydrogen) atoms. The van der Waals surface area contributed by atoms with Crippen molar-refractivity contribution in [2.45, 2.75) is 43.2 Å². The topological polar surface area (TPSA) is 87.6 Å². The van der Waals surface area contributed by atoms with E-state index in [1.807, 2.05) is 12.1 Å². The number of nitrogens with one attached hydrogen (secondary N) is 2. The highest BCUT2D eigenvalue weighted by Gasteiger charge is 2.31. The normalized spacial score (nSPS) is 22.4. The van der Waals surface area contributed by atoms with Crippen LogP contribution in [0.4, 0.5) is 0 Å². The molecule has 7 heteroatoms. The van der Waals surface area contributed by atoms with E-state index in [2.05, 4.69) is 27.2 Å². The molecule has 1 aliphatic heterocycles. The molecule has 2 aromatic carbocycles. The van der Waals surface area contributed by atoms with Crippen LogP contribution in [0.15, 0.2) is 58.4 Å². The van der Waals surface area contributed by atoms with Crippen molar-refractivity contribution in [3.63, 3.8) is 0 Å². The Kier molecular flexibility index (Phi) is 4.47. The van der Waals surface area contributed by atoms with Gasteiger partial charge in [-0.2, -0.15) is 0 Å². The predicted molar refractivity (Wildman–Crippen MR) is 103 cm³/mol. The molecule has 0 saturated carbocycles. The minimum atomic E-state index is -3.61. The molecule has 4 rings (SSSR count). The van der Waals surface area contributed by atoms with Gasteiger partial charge in [-0.15, -0.1) is 0 Å². The van der Waals surface area contributed by atoms with Gasteiger partial charge in [-0.3, -0.25) is 14.5 Å². The second-order valence-electron chi connectivity index (χ2n) is 6.91. The Hall–Kier alpha value is -2.67. The number of carbonyl (C=O) groups excluding carboxylic acids is 1. The van der Waals surface area contributed by atoms with Gasteiger partial charge >= 0.3 is 0 Å². The number of fused-ring (bicyclic) bond motifs is 2. The van der Waals surface area contributed by atoms with Crippen molar-refractivity contribution < 1.29 is 13.2 Å². The lowest BCUT2D eigenvalue weighted by Gasteiger charge is -2.27. The Morgan fingerprint density at radius 3 is 2.78 bits per heavy atom. The van der Waals surface area contributed by atoms with Crippen LogP contribution in [0.1, 0.15) is 42.5 Å². The molecule has 1 heterocycles. The quantitative estimate of drug-likeness (QED) is 0.853. The molecule has 2 unspecified atom stereocenters. The third-order valence-corrected chi connectivity index (χ3v) is 6.45. The van der Waals surface area contributed by atoms with Gasteiger partial charge < -0.3 is 5.32 Å². The molecule has 0 spiro atoms. The van der Waals surface area contributed by atoms with E-state index in [0.717, 1.165) is 24.8 Å². The number of nitrogens with zero attached hydrogens (tertiary/aromatic N) is 1. The largest absolute Gasteiger partial charge is 0.347 e. The van der Waals surface area contributed by atoms with Crippen LogP contribution in [0.5, 0.6) is 0 Å². The van der Waals surface area contributed by atoms with Crippen LogP contribution in [-0.2, 0) is 21.2 Å². The van der Waals surface area contributed by atoms with E-state index >= 15 is 0 Å². The number of amidine groups is 1. The lowest BCUT2D eigenvalue weighted by Crippen LogP contribution is -2.37. The maximum atomic E-state index is 12.7. The summed E-state index contributed by atoms with van der Waals surface area (Å²) in [5, 5.41) is 3.07. The fraction of sp³-hybridized carbons (Fsp3) is 0.300. The lowest BCUT2D eigenvalue weighted by molar-refractivity contribution is -0.122. The monoisotopic (exact) mass is 383 g/mol. The smallest absolute Gasteiger partial charge is 0.263 e. The Morgan fingerprint density at radius 2 is 1.93 bits per heavy atom. The molecule has 6 nitrogen and oxygen atoms in total. The van der Waals surface area contributed by atoms with Crippen molar-refractivity contribution in [1.29, 1.82) is 0 Å². The summed E-state index contributed by atoms with van der Waals surface area (Å²) in [6.45, 7) is 1.67. The minimum absolute atomic E-state index is 0.0299. The summed E-state index contributed by atoms with van der Waals surface area (Å²) in [7, 11) is -3.61. The van der Waals surface area contributed by atoms with Crippen LogP contribution >= 0.6 is 0 Å². The second-order valence-corrected chi connectivity index (χ2v) is 8.56. The summed E-state index contributed by atoms with van der Waals surface area (Å²) < 4.78 is 26.8. The van der Waals surface area contributed by atoms with Crippen molar-refractivity contribution in [1.82, 2.24) is 10.0 Å². The van der Waals surface area contributed by atoms with E-state index in [0.29, 0.717) is 5.56 Å². The average molecular weight is 383 g/mol. The van der Waals surface area contributed by atoms with Gasteiger partial charge in [-0.05, 0) is 49.4 Å². The van der Waals surface area contributed by atoms with Gasteiger partial charge in [0.25, 0.3) is 10.0 Å². The summed E-state index contributed by atoms with van der Waals surface area (Å²) in [6.07, 6.45) is 2.94. The lowest BCUT2D eigenvalue weighted by atomic mass is 9.87. The van der Waals surface area contributed by atoms with Gasteiger partial charge in [-0.25, -0.2) is 8.42 Å². The van der Waals surface area contributed by atoms with Crippen LogP contribution in [-0.4, -0.2) is 26.2 Å². The van der Waals surface area contributed by atoms with Gasteiger partial charge in [0, 0.05) is 5.56 Å². The van der Waals surface area contributed by atoms with Crippen LogP contribution in [0.3, 0.4) is 0 Å². The van der Waals surface area contributed by atoms with E-state index in [4.69, 9.17) is 0 Å². The first-order valence-electron chi connectivity index (χ1n) is 9.04. The molecular formula is C20H21N3O3S. The number of carbonyl (C=O) groups is 1. The molecule has 2 aliphatic rings. The molecule has 1 amide bonds. The van der Waals surface area contributed by atoms with E-state index in [9.17, 15) is 13.2 Å². The SMILES string of the molecule is CC(N=C1NS(=O)(=O)c2ccccc21)C(=O)NC1CCCc2ccccc21. The predicted octanol–water partition coefficient (Wildman–Crippen LogP) is 2.31. The van der Waals surface area contributed by atoms with Crippen LogP contribution in [0.2, 0.25) is 0 Å². The summed E-state index contributed by atoms with van der Waals surface area (Å²) in [5.74, 6) is 0.00470. The summed E-state index contributed by atoms with van der Waals surface area (Å²) in [4.78, 5) is 17.2. The highest BCUT2D eigenvalue weighted by Crippen LogP contribution is 2.29. The number of hydrogen-bond donors (Lipinski definition) is 2. The van der Waals surface area contributed by atoms with Crippen molar-refractivity contribution in [3.8, 4) is 0 Å². The number of hydrogen-bond acceptors (Lipinski definition) is 4. The molecule has 0 radical (unpaired) electrons. The van der Waals surface area contributed by atoms with Crippen LogP contribution in [0, 0.1) is 0 Å². The van der Waals surface area contributed by atoms with E-state index in [-0.39, 0.29) is 22.7 Å². The first-order chi connectivity index (χ1) is 13.0. The number of benzene rings is 2. The maximum Gasteiger partial charge on any atom is 0.263 e. The Bertz CT molecular complexity index is 1030. The zero-order valence-corrected chi connectivity index (χ0v) is 15.8.